The number of hydrogen-bond acceptors (Lipinski definition) is 4. The number of H-pyrrole nitrogens is 1. The number of hydrogen-bond donors (Lipinski definition) is 3. The van der Waals surface area contributed by atoms with Crippen LogP contribution >= 0.6 is 0 Å². The molecule has 0 saturated heterocycles. The monoisotopic (exact) mass is 168 g/mol. The Morgan fingerprint density at radius 1 is 1.58 bits per heavy atom. The third-order valence-corrected chi connectivity index (χ3v) is 1.52. The first-order chi connectivity index (χ1) is 5.57. The van der Waals surface area contributed by atoms with Crippen LogP contribution in [0.15, 0.2) is 9.59 Å². The molecule has 0 aliphatic rings. The topological polar surface area (TPSA) is 105 Å². The van der Waals surface area contributed by atoms with Crippen molar-refractivity contribution in [2.24, 2.45) is 7.05 Å². The Labute approximate surface area is 67.2 Å². The molecule has 0 amide bonds. The lowest BCUT2D eigenvalue weighted by molar-refractivity contribution is 0.777. The van der Waals surface area contributed by atoms with Crippen molar-refractivity contribution in [3.05, 3.63) is 26.4 Å². The number of aromatic nitrogens is 2. The van der Waals surface area contributed by atoms with E-state index in [1.54, 1.807) is 0 Å². The standard InChI is InChI=1S/C6H8N4O2/c1-10-5(11)3(2-7)4(8)9-6(10)12/h2,7H,8H2,1H3,(H,9,12). The Hall–Kier alpha value is -1.85. The zero-order valence-corrected chi connectivity index (χ0v) is 6.42. The maximum absolute atomic E-state index is 11.2. The molecule has 0 aliphatic heterocycles. The molecular formula is C6H8N4O2. The highest BCUT2D eigenvalue weighted by Gasteiger charge is 2.05. The summed E-state index contributed by atoms with van der Waals surface area (Å²) in [5.41, 5.74) is 4.13. The molecule has 0 spiro atoms. The van der Waals surface area contributed by atoms with Crippen LogP contribution in [0, 0.1) is 5.41 Å². The molecule has 0 radical (unpaired) electrons. The number of aromatic amines is 1. The molecule has 0 fully saturated rings. The molecule has 6 nitrogen and oxygen atoms in total. The molecule has 6 heteroatoms. The molecule has 0 saturated carbocycles. The number of nitrogens with one attached hydrogen (secondary N) is 2. The minimum atomic E-state index is -0.580. The average Bonchev–Trinajstić information content (AvgIpc) is 2.01. The van der Waals surface area contributed by atoms with Gasteiger partial charge < -0.3 is 11.1 Å². The van der Waals surface area contributed by atoms with E-state index in [0.717, 1.165) is 10.8 Å². The van der Waals surface area contributed by atoms with Crippen molar-refractivity contribution in [2.45, 2.75) is 0 Å². The predicted molar refractivity (Wildman–Crippen MR) is 44.6 cm³/mol. The first-order valence-electron chi connectivity index (χ1n) is 3.17. The second kappa shape index (κ2) is 2.65. The van der Waals surface area contributed by atoms with Gasteiger partial charge in [-0.05, 0) is 0 Å². The maximum atomic E-state index is 11.2. The van der Waals surface area contributed by atoms with Crippen LogP contribution in [-0.4, -0.2) is 15.8 Å². The Kier molecular flexibility index (Phi) is 1.82. The second-order valence-corrected chi connectivity index (χ2v) is 2.27. The molecule has 1 heterocycles. The second-order valence-electron chi connectivity index (χ2n) is 2.27. The Balaban J connectivity index is 3.75. The smallest absolute Gasteiger partial charge is 0.329 e. The normalized spacial score (nSPS) is 9.75. The fraction of sp³-hybridized carbons (Fsp3) is 0.167. The average molecular weight is 168 g/mol. The highest BCUT2D eigenvalue weighted by atomic mass is 16.2. The van der Waals surface area contributed by atoms with E-state index < -0.39 is 11.2 Å². The van der Waals surface area contributed by atoms with E-state index in [2.05, 4.69) is 4.98 Å². The largest absolute Gasteiger partial charge is 0.384 e. The van der Waals surface area contributed by atoms with Gasteiger partial charge in [-0.1, -0.05) is 0 Å². The third kappa shape index (κ3) is 1.03. The molecule has 0 aromatic carbocycles. The number of anilines is 1. The van der Waals surface area contributed by atoms with Gasteiger partial charge in [0.1, 0.15) is 5.82 Å². The van der Waals surface area contributed by atoms with Gasteiger partial charge in [0.05, 0.1) is 5.56 Å². The van der Waals surface area contributed by atoms with Crippen LogP contribution in [-0.2, 0) is 7.05 Å². The minimum Gasteiger partial charge on any atom is -0.384 e. The van der Waals surface area contributed by atoms with Gasteiger partial charge >= 0.3 is 5.69 Å². The zero-order chi connectivity index (χ0) is 9.30. The molecular weight excluding hydrogens is 160 g/mol. The van der Waals surface area contributed by atoms with E-state index in [-0.39, 0.29) is 11.4 Å². The summed E-state index contributed by atoms with van der Waals surface area (Å²) in [5, 5.41) is 6.85. The third-order valence-electron chi connectivity index (χ3n) is 1.52. The van der Waals surface area contributed by atoms with E-state index in [4.69, 9.17) is 11.1 Å². The molecule has 64 valence electrons. The van der Waals surface area contributed by atoms with Crippen molar-refractivity contribution < 1.29 is 0 Å². The van der Waals surface area contributed by atoms with E-state index in [0.29, 0.717) is 0 Å². The van der Waals surface area contributed by atoms with E-state index in [1.807, 2.05) is 0 Å². The van der Waals surface area contributed by atoms with Crippen molar-refractivity contribution in [2.75, 3.05) is 5.73 Å². The number of rotatable bonds is 1. The fourth-order valence-electron chi connectivity index (χ4n) is 0.794. The van der Waals surface area contributed by atoms with Crippen molar-refractivity contribution in [3.63, 3.8) is 0 Å². The van der Waals surface area contributed by atoms with Crippen molar-refractivity contribution in [1.29, 1.82) is 5.41 Å². The summed E-state index contributed by atoms with van der Waals surface area (Å²) in [4.78, 5) is 24.3. The first kappa shape index (κ1) is 8.25. The van der Waals surface area contributed by atoms with Gasteiger partial charge in [-0.2, -0.15) is 0 Å². The van der Waals surface area contributed by atoms with Gasteiger partial charge in [0, 0.05) is 13.3 Å². The van der Waals surface area contributed by atoms with Crippen molar-refractivity contribution in [3.8, 4) is 0 Å². The van der Waals surface area contributed by atoms with Gasteiger partial charge in [-0.3, -0.25) is 14.3 Å². The van der Waals surface area contributed by atoms with E-state index in [9.17, 15) is 9.59 Å². The van der Waals surface area contributed by atoms with Crippen molar-refractivity contribution >= 4 is 12.0 Å². The Morgan fingerprint density at radius 3 is 2.67 bits per heavy atom. The van der Waals surface area contributed by atoms with Gasteiger partial charge in [0.2, 0.25) is 0 Å². The van der Waals surface area contributed by atoms with Crippen molar-refractivity contribution in [1.82, 2.24) is 9.55 Å². The number of nitrogens with zero attached hydrogens (tertiary/aromatic N) is 1. The molecule has 0 unspecified atom stereocenters. The SMILES string of the molecule is Cn1c(=O)[nH]c(N)c(C=N)c1=O. The lowest BCUT2D eigenvalue weighted by Gasteiger charge is -2.00. The molecule has 0 atom stereocenters. The van der Waals surface area contributed by atoms with Gasteiger partial charge in [0.25, 0.3) is 5.56 Å². The summed E-state index contributed by atoms with van der Waals surface area (Å²) >= 11 is 0. The van der Waals surface area contributed by atoms with E-state index in [1.165, 1.54) is 7.05 Å². The number of nitrogen functional groups attached to an aromatic ring is 1. The number of nitrogens with two attached hydrogens (primary N) is 1. The summed E-state index contributed by atoms with van der Waals surface area (Å²) in [6.07, 6.45) is 0.813. The summed E-state index contributed by atoms with van der Waals surface area (Å²) in [7, 11) is 1.31. The fourth-order valence-corrected chi connectivity index (χ4v) is 0.794. The Morgan fingerprint density at radius 2 is 2.17 bits per heavy atom. The zero-order valence-electron chi connectivity index (χ0n) is 6.42. The van der Waals surface area contributed by atoms with Gasteiger partial charge in [-0.15, -0.1) is 0 Å². The molecule has 0 bridgehead atoms. The van der Waals surface area contributed by atoms with Gasteiger partial charge in [-0.25, -0.2) is 4.79 Å². The molecule has 1 aromatic rings. The van der Waals surface area contributed by atoms with Crippen LogP contribution in [0.4, 0.5) is 5.82 Å². The summed E-state index contributed by atoms with van der Waals surface area (Å²) in [6.45, 7) is 0. The maximum Gasteiger partial charge on any atom is 0.329 e. The molecule has 1 aromatic heterocycles. The van der Waals surface area contributed by atoms with Crippen LogP contribution in [0.3, 0.4) is 0 Å². The van der Waals surface area contributed by atoms with Crippen LogP contribution < -0.4 is 17.0 Å². The highest BCUT2D eigenvalue weighted by Crippen LogP contribution is 1.92. The molecule has 4 N–H and O–H groups in total. The van der Waals surface area contributed by atoms with Crippen LogP contribution in [0.2, 0.25) is 0 Å². The quantitative estimate of drug-likeness (QED) is 0.451. The molecule has 1 rings (SSSR count). The summed E-state index contributed by atoms with van der Waals surface area (Å²) in [6, 6.07) is 0. The van der Waals surface area contributed by atoms with Crippen LogP contribution in [0.1, 0.15) is 5.56 Å². The first-order valence-corrected chi connectivity index (χ1v) is 3.17. The lowest BCUT2D eigenvalue weighted by atomic mass is 10.3. The molecule has 0 aliphatic carbocycles. The lowest BCUT2D eigenvalue weighted by Crippen LogP contribution is -2.35. The predicted octanol–water partition coefficient (Wildman–Crippen LogP) is -1.35. The van der Waals surface area contributed by atoms with Crippen LogP contribution in [0.25, 0.3) is 0 Å². The van der Waals surface area contributed by atoms with E-state index >= 15 is 0 Å². The highest BCUT2D eigenvalue weighted by molar-refractivity contribution is 5.82. The minimum absolute atomic E-state index is 0.00269. The molecule has 12 heavy (non-hydrogen) atoms. The Bertz CT molecular complexity index is 428. The van der Waals surface area contributed by atoms with Gasteiger partial charge in [0.15, 0.2) is 0 Å². The summed E-state index contributed by atoms with van der Waals surface area (Å²) in [5.74, 6) is -0.0712. The van der Waals surface area contributed by atoms with Crippen LogP contribution in [0.5, 0.6) is 0 Å². The summed E-state index contributed by atoms with van der Waals surface area (Å²) < 4.78 is 0.858.